The minimum atomic E-state index is -0.765. The molecule has 31 heavy (non-hydrogen) atoms. The van der Waals surface area contributed by atoms with Gasteiger partial charge in [0.1, 0.15) is 23.3 Å². The number of nitrogens with two attached hydrogens (primary N) is 1. The largest absolute Gasteiger partial charge is 0.449 e. The molecule has 3 rings (SSSR count). The van der Waals surface area contributed by atoms with Crippen LogP contribution in [0.1, 0.15) is 18.2 Å². The number of hydrogen-bond donors (Lipinski definition) is 1. The van der Waals surface area contributed by atoms with Gasteiger partial charge in [0, 0.05) is 13.2 Å². The summed E-state index contributed by atoms with van der Waals surface area (Å²) in [5, 5.41) is 11.8. The molecule has 2 N–H and O–H groups in total. The van der Waals surface area contributed by atoms with Crippen LogP contribution in [0.25, 0.3) is 11.6 Å². The highest BCUT2D eigenvalue weighted by Crippen LogP contribution is 2.37. The van der Waals surface area contributed by atoms with Crippen molar-refractivity contribution in [1.29, 1.82) is 0 Å². The topological polar surface area (TPSA) is 147 Å². The molecule has 0 unspecified atom stereocenters. The van der Waals surface area contributed by atoms with E-state index in [0.717, 1.165) is 10.5 Å². The predicted octanol–water partition coefficient (Wildman–Crippen LogP) is 3.54. The molecule has 0 aliphatic rings. The van der Waals surface area contributed by atoms with Gasteiger partial charge in [-0.1, -0.05) is 30.3 Å². The number of hydrogen-bond acceptors (Lipinski definition) is 9. The van der Waals surface area contributed by atoms with Gasteiger partial charge in [0.2, 0.25) is 11.7 Å². The van der Waals surface area contributed by atoms with Gasteiger partial charge < -0.3 is 19.6 Å². The Hall–Kier alpha value is -3.99. The Morgan fingerprint density at radius 1 is 1.29 bits per heavy atom. The van der Waals surface area contributed by atoms with E-state index in [9.17, 15) is 14.9 Å². The van der Waals surface area contributed by atoms with Crippen molar-refractivity contribution < 1.29 is 23.6 Å². The van der Waals surface area contributed by atoms with E-state index in [2.05, 4.69) is 9.97 Å². The Labute approximate surface area is 177 Å². The highest BCUT2D eigenvalue weighted by molar-refractivity contribution is 5.93. The monoisotopic (exact) mass is 427 g/mol. The summed E-state index contributed by atoms with van der Waals surface area (Å²) in [6, 6.07) is 10.3. The third-order valence-corrected chi connectivity index (χ3v) is 4.21. The van der Waals surface area contributed by atoms with Gasteiger partial charge in [0.15, 0.2) is 0 Å². The molecule has 162 valence electrons. The summed E-state index contributed by atoms with van der Waals surface area (Å²) >= 11 is 0. The van der Waals surface area contributed by atoms with Gasteiger partial charge in [0.25, 0.3) is 0 Å². The molecule has 0 saturated carbocycles. The molecule has 11 nitrogen and oxygen atoms in total. The molecule has 0 spiro atoms. The average Bonchev–Trinajstić information content (AvgIpc) is 3.21. The number of ether oxygens (including phenoxy) is 2. The van der Waals surface area contributed by atoms with Gasteiger partial charge in [-0.15, -0.1) is 0 Å². The molecule has 1 aromatic carbocycles. The zero-order chi connectivity index (χ0) is 22.4. The smallest absolute Gasteiger partial charge is 0.414 e. The molecule has 3 aromatic rings. The first-order chi connectivity index (χ1) is 14.9. The van der Waals surface area contributed by atoms with Crippen molar-refractivity contribution in [3.05, 3.63) is 64.0 Å². The van der Waals surface area contributed by atoms with Crippen LogP contribution < -0.4 is 10.6 Å². The highest BCUT2D eigenvalue weighted by Gasteiger charge is 2.31. The highest BCUT2D eigenvalue weighted by atomic mass is 16.6. The van der Waals surface area contributed by atoms with Crippen molar-refractivity contribution in [2.75, 3.05) is 24.4 Å². The molecule has 2 aromatic heterocycles. The fraction of sp³-hybridized carbons (Fsp3) is 0.250. The lowest BCUT2D eigenvalue weighted by molar-refractivity contribution is -0.383. The van der Waals surface area contributed by atoms with E-state index >= 15 is 0 Å². The minimum absolute atomic E-state index is 0.0178. The van der Waals surface area contributed by atoms with Gasteiger partial charge in [-0.3, -0.25) is 15.0 Å². The summed E-state index contributed by atoms with van der Waals surface area (Å²) in [6.45, 7) is 1.96. The van der Waals surface area contributed by atoms with E-state index in [-0.39, 0.29) is 42.8 Å². The number of pyridine rings is 1. The van der Waals surface area contributed by atoms with Gasteiger partial charge in [-0.2, -0.15) is 0 Å². The van der Waals surface area contributed by atoms with Crippen LogP contribution in [0.2, 0.25) is 0 Å². The Kier molecular flexibility index (Phi) is 6.78. The standard InChI is InChI=1S/C20H21N5O6/c1-3-30-20(26)24(10-13-7-5-4-6-8-13)16-9-15(23-18(21)17(16)25(27)28)19-22-14(11-29-2)12-31-19/h4-9,12H,3,10-11H2,1-2H3,(H2,21,23). The van der Waals surface area contributed by atoms with Crippen LogP contribution in [0.4, 0.5) is 22.0 Å². The number of anilines is 2. The zero-order valence-corrected chi connectivity index (χ0v) is 17.0. The number of benzene rings is 1. The number of nitro groups is 1. The van der Waals surface area contributed by atoms with Crippen molar-refractivity contribution in [3.8, 4) is 11.6 Å². The summed E-state index contributed by atoms with van der Waals surface area (Å²) in [5.74, 6) is -0.301. The Balaban J connectivity index is 2.13. The number of aromatic nitrogens is 2. The molecule has 0 atom stereocenters. The van der Waals surface area contributed by atoms with E-state index in [1.807, 2.05) is 6.07 Å². The van der Waals surface area contributed by atoms with E-state index in [1.54, 1.807) is 31.2 Å². The second kappa shape index (κ2) is 9.67. The van der Waals surface area contributed by atoms with Crippen LogP contribution >= 0.6 is 0 Å². The number of oxazole rings is 1. The third-order valence-electron chi connectivity index (χ3n) is 4.21. The maximum atomic E-state index is 12.7. The van der Waals surface area contributed by atoms with E-state index in [4.69, 9.17) is 19.6 Å². The third kappa shape index (κ3) is 4.95. The van der Waals surface area contributed by atoms with Crippen molar-refractivity contribution in [3.63, 3.8) is 0 Å². The Morgan fingerprint density at radius 2 is 2.03 bits per heavy atom. The number of rotatable bonds is 8. The summed E-state index contributed by atoms with van der Waals surface area (Å²) in [7, 11) is 1.51. The second-order valence-electron chi connectivity index (χ2n) is 6.37. The molecule has 11 heteroatoms. The van der Waals surface area contributed by atoms with Crippen LogP contribution in [-0.2, 0) is 22.6 Å². The number of nitrogens with zero attached hydrogens (tertiary/aromatic N) is 4. The van der Waals surface area contributed by atoms with E-state index in [0.29, 0.717) is 5.69 Å². The molecule has 0 saturated heterocycles. The summed E-state index contributed by atoms with van der Waals surface area (Å²) in [5.41, 5.74) is 6.67. The number of carbonyl (C=O) groups excluding carboxylic acids is 1. The lowest BCUT2D eigenvalue weighted by atomic mass is 10.2. The number of amides is 1. The summed E-state index contributed by atoms with van der Waals surface area (Å²) in [4.78, 5) is 33.2. The molecule has 0 fully saturated rings. The van der Waals surface area contributed by atoms with Crippen LogP contribution in [0.5, 0.6) is 0 Å². The summed E-state index contributed by atoms with van der Waals surface area (Å²) in [6.07, 6.45) is 0.615. The Morgan fingerprint density at radius 3 is 2.68 bits per heavy atom. The molecule has 2 heterocycles. The average molecular weight is 427 g/mol. The quantitative estimate of drug-likeness (QED) is 0.421. The van der Waals surface area contributed by atoms with Crippen LogP contribution in [0.15, 0.2) is 47.1 Å². The van der Waals surface area contributed by atoms with Crippen molar-refractivity contribution in [2.45, 2.75) is 20.1 Å². The lowest BCUT2D eigenvalue weighted by Crippen LogP contribution is -2.32. The number of methoxy groups -OCH3 is 1. The molecular formula is C20H21N5O6. The predicted molar refractivity (Wildman–Crippen MR) is 111 cm³/mol. The van der Waals surface area contributed by atoms with Crippen molar-refractivity contribution >= 4 is 23.3 Å². The Bertz CT molecular complexity index is 1070. The number of nitrogen functional groups attached to an aromatic ring is 1. The van der Waals surface area contributed by atoms with Crippen LogP contribution in [0, 0.1) is 10.1 Å². The van der Waals surface area contributed by atoms with Crippen LogP contribution in [0.3, 0.4) is 0 Å². The second-order valence-corrected chi connectivity index (χ2v) is 6.37. The SMILES string of the molecule is CCOC(=O)N(Cc1ccccc1)c1cc(-c2nc(COC)co2)nc(N)c1[N+](=O)[O-]. The van der Waals surface area contributed by atoms with Crippen molar-refractivity contribution in [1.82, 2.24) is 9.97 Å². The molecule has 0 aliphatic heterocycles. The van der Waals surface area contributed by atoms with Crippen molar-refractivity contribution in [2.24, 2.45) is 0 Å². The molecular weight excluding hydrogens is 406 g/mol. The van der Waals surface area contributed by atoms with Gasteiger partial charge in [0.05, 0.1) is 24.7 Å². The van der Waals surface area contributed by atoms with Gasteiger partial charge in [-0.25, -0.2) is 14.8 Å². The normalized spacial score (nSPS) is 10.6. The first kappa shape index (κ1) is 21.7. The molecule has 1 amide bonds. The first-order valence-electron chi connectivity index (χ1n) is 9.31. The maximum absolute atomic E-state index is 12.7. The van der Waals surface area contributed by atoms with Crippen LogP contribution in [-0.4, -0.2) is 34.7 Å². The van der Waals surface area contributed by atoms with E-state index < -0.39 is 16.7 Å². The summed E-state index contributed by atoms with van der Waals surface area (Å²) < 4.78 is 15.6. The van der Waals surface area contributed by atoms with E-state index in [1.165, 1.54) is 19.4 Å². The number of carbonyl (C=O) groups is 1. The molecule has 0 bridgehead atoms. The fourth-order valence-electron chi connectivity index (χ4n) is 2.90. The van der Waals surface area contributed by atoms with Gasteiger partial charge in [-0.05, 0) is 12.5 Å². The zero-order valence-electron chi connectivity index (χ0n) is 17.0. The first-order valence-corrected chi connectivity index (χ1v) is 9.31. The van der Waals surface area contributed by atoms with Gasteiger partial charge >= 0.3 is 11.8 Å². The lowest BCUT2D eigenvalue weighted by Gasteiger charge is -2.22. The fourth-order valence-corrected chi connectivity index (χ4v) is 2.90. The molecule has 0 aliphatic carbocycles. The molecule has 0 radical (unpaired) electrons. The maximum Gasteiger partial charge on any atom is 0.414 e. The minimum Gasteiger partial charge on any atom is -0.449 e.